The molecule has 20 heavy (non-hydrogen) atoms. The third-order valence-corrected chi connectivity index (χ3v) is 3.63. The van der Waals surface area contributed by atoms with Crippen LogP contribution in [0, 0.1) is 0 Å². The molecule has 102 valence electrons. The molecule has 0 bridgehead atoms. The molecular weight excluding hydrogens is 250 g/mol. The topological polar surface area (TPSA) is 23.4 Å². The van der Waals surface area contributed by atoms with Crippen molar-refractivity contribution in [1.82, 2.24) is 4.57 Å². The Morgan fingerprint density at radius 2 is 1.70 bits per heavy atom. The number of rotatable bonds is 3. The van der Waals surface area contributed by atoms with Gasteiger partial charge in [0.1, 0.15) is 11.5 Å². The van der Waals surface area contributed by atoms with Crippen molar-refractivity contribution in [3.8, 4) is 22.8 Å². The minimum atomic E-state index is 0.825. The normalized spacial score (nSPS) is 10.8. The molecule has 0 aliphatic carbocycles. The van der Waals surface area contributed by atoms with Crippen LogP contribution in [0.1, 0.15) is 0 Å². The highest BCUT2D eigenvalue weighted by atomic mass is 16.5. The number of benzene rings is 2. The molecule has 0 saturated heterocycles. The first kappa shape index (κ1) is 12.6. The van der Waals surface area contributed by atoms with Crippen LogP contribution in [0.25, 0.3) is 22.2 Å². The molecule has 0 fully saturated rings. The van der Waals surface area contributed by atoms with Gasteiger partial charge in [0.25, 0.3) is 0 Å². The molecule has 0 aliphatic heterocycles. The van der Waals surface area contributed by atoms with Crippen molar-refractivity contribution < 1.29 is 9.47 Å². The molecule has 3 nitrogen and oxygen atoms in total. The average molecular weight is 267 g/mol. The summed E-state index contributed by atoms with van der Waals surface area (Å²) in [5.74, 6) is 1.67. The maximum absolute atomic E-state index is 5.48. The first-order valence-electron chi connectivity index (χ1n) is 6.51. The van der Waals surface area contributed by atoms with E-state index in [9.17, 15) is 0 Å². The summed E-state index contributed by atoms with van der Waals surface area (Å²) in [4.78, 5) is 0. The quantitative estimate of drug-likeness (QED) is 0.719. The molecule has 2 aromatic carbocycles. The SMILES string of the molecule is COc1ccc(OC)c(-c2cc3ccccc3n2C)c1. The Kier molecular flexibility index (Phi) is 3.11. The van der Waals surface area contributed by atoms with E-state index in [0.717, 1.165) is 22.8 Å². The maximum Gasteiger partial charge on any atom is 0.128 e. The predicted molar refractivity (Wildman–Crippen MR) is 81.5 cm³/mol. The van der Waals surface area contributed by atoms with E-state index in [-0.39, 0.29) is 0 Å². The summed E-state index contributed by atoms with van der Waals surface area (Å²) in [5, 5.41) is 1.22. The zero-order chi connectivity index (χ0) is 14.1. The fourth-order valence-corrected chi connectivity index (χ4v) is 2.56. The summed E-state index contributed by atoms with van der Waals surface area (Å²) < 4.78 is 13.0. The van der Waals surface area contributed by atoms with Gasteiger partial charge in [0.2, 0.25) is 0 Å². The number of fused-ring (bicyclic) bond motifs is 1. The van der Waals surface area contributed by atoms with Gasteiger partial charge < -0.3 is 14.0 Å². The Balaban J connectivity index is 2.26. The second-order valence-corrected chi connectivity index (χ2v) is 4.71. The summed E-state index contributed by atoms with van der Waals surface area (Å²) in [6.45, 7) is 0. The van der Waals surface area contributed by atoms with Gasteiger partial charge in [-0.3, -0.25) is 0 Å². The molecule has 0 radical (unpaired) electrons. The zero-order valence-electron chi connectivity index (χ0n) is 11.9. The molecule has 0 spiro atoms. The van der Waals surface area contributed by atoms with E-state index in [1.807, 2.05) is 18.2 Å². The lowest BCUT2D eigenvalue weighted by Gasteiger charge is -2.11. The Morgan fingerprint density at radius 1 is 0.900 bits per heavy atom. The smallest absolute Gasteiger partial charge is 0.128 e. The highest BCUT2D eigenvalue weighted by molar-refractivity contribution is 5.88. The van der Waals surface area contributed by atoms with E-state index in [4.69, 9.17) is 9.47 Å². The molecule has 3 heteroatoms. The predicted octanol–water partition coefficient (Wildman–Crippen LogP) is 3.86. The van der Waals surface area contributed by atoms with Gasteiger partial charge in [-0.1, -0.05) is 18.2 Å². The van der Waals surface area contributed by atoms with Crippen molar-refractivity contribution in [1.29, 1.82) is 0 Å². The number of aromatic nitrogens is 1. The number of nitrogens with zero attached hydrogens (tertiary/aromatic N) is 1. The summed E-state index contributed by atoms with van der Waals surface area (Å²) in [6.07, 6.45) is 0. The van der Waals surface area contributed by atoms with Gasteiger partial charge in [-0.15, -0.1) is 0 Å². The van der Waals surface area contributed by atoms with Crippen molar-refractivity contribution in [2.24, 2.45) is 7.05 Å². The van der Waals surface area contributed by atoms with E-state index >= 15 is 0 Å². The first-order valence-corrected chi connectivity index (χ1v) is 6.51. The first-order chi connectivity index (χ1) is 9.74. The molecule has 0 unspecified atom stereocenters. The lowest BCUT2D eigenvalue weighted by atomic mass is 10.1. The van der Waals surface area contributed by atoms with Crippen LogP contribution in [0.15, 0.2) is 48.5 Å². The molecule has 0 amide bonds. The van der Waals surface area contributed by atoms with Gasteiger partial charge in [-0.25, -0.2) is 0 Å². The van der Waals surface area contributed by atoms with Gasteiger partial charge in [0.15, 0.2) is 0 Å². The van der Waals surface area contributed by atoms with Crippen LogP contribution < -0.4 is 9.47 Å². The minimum absolute atomic E-state index is 0.825. The number of methoxy groups -OCH3 is 2. The van der Waals surface area contributed by atoms with E-state index in [0.29, 0.717) is 0 Å². The van der Waals surface area contributed by atoms with Crippen LogP contribution in [0.4, 0.5) is 0 Å². The van der Waals surface area contributed by atoms with Crippen molar-refractivity contribution in [3.05, 3.63) is 48.5 Å². The Hall–Kier alpha value is -2.42. The minimum Gasteiger partial charge on any atom is -0.497 e. The largest absolute Gasteiger partial charge is 0.497 e. The summed E-state index contributed by atoms with van der Waals surface area (Å²) >= 11 is 0. The molecule has 1 heterocycles. The van der Waals surface area contributed by atoms with Gasteiger partial charge in [0.05, 0.1) is 19.9 Å². The van der Waals surface area contributed by atoms with E-state index in [1.165, 1.54) is 10.9 Å². The van der Waals surface area contributed by atoms with Crippen molar-refractivity contribution in [2.75, 3.05) is 14.2 Å². The number of aryl methyl sites for hydroxylation is 1. The van der Waals surface area contributed by atoms with Crippen LogP contribution in [0.2, 0.25) is 0 Å². The lowest BCUT2D eigenvalue weighted by Crippen LogP contribution is -1.95. The van der Waals surface area contributed by atoms with Crippen LogP contribution in [0.3, 0.4) is 0 Å². The van der Waals surface area contributed by atoms with Gasteiger partial charge >= 0.3 is 0 Å². The molecule has 3 rings (SSSR count). The second kappa shape index (κ2) is 4.93. The van der Waals surface area contributed by atoms with Crippen molar-refractivity contribution in [3.63, 3.8) is 0 Å². The second-order valence-electron chi connectivity index (χ2n) is 4.71. The third kappa shape index (κ3) is 1.92. The Morgan fingerprint density at radius 3 is 2.40 bits per heavy atom. The van der Waals surface area contributed by atoms with Gasteiger partial charge in [0, 0.05) is 23.5 Å². The molecule has 0 N–H and O–H groups in total. The highest BCUT2D eigenvalue weighted by Crippen LogP contribution is 2.36. The summed E-state index contributed by atoms with van der Waals surface area (Å²) in [5.41, 5.74) is 3.35. The molecule has 0 aliphatic rings. The number of hydrogen-bond donors (Lipinski definition) is 0. The van der Waals surface area contributed by atoms with Crippen LogP contribution in [0.5, 0.6) is 11.5 Å². The third-order valence-electron chi connectivity index (χ3n) is 3.63. The molecule has 0 atom stereocenters. The number of ether oxygens (including phenoxy) is 2. The van der Waals surface area contributed by atoms with Crippen LogP contribution in [-0.4, -0.2) is 18.8 Å². The zero-order valence-corrected chi connectivity index (χ0v) is 11.9. The molecule has 3 aromatic rings. The van der Waals surface area contributed by atoms with E-state index in [1.54, 1.807) is 14.2 Å². The van der Waals surface area contributed by atoms with Crippen LogP contribution in [-0.2, 0) is 7.05 Å². The van der Waals surface area contributed by atoms with Crippen molar-refractivity contribution >= 4 is 10.9 Å². The van der Waals surface area contributed by atoms with Crippen LogP contribution >= 0.6 is 0 Å². The summed E-state index contributed by atoms with van der Waals surface area (Å²) in [7, 11) is 5.43. The van der Waals surface area contributed by atoms with E-state index in [2.05, 4.69) is 41.9 Å². The van der Waals surface area contributed by atoms with Crippen molar-refractivity contribution in [2.45, 2.75) is 0 Å². The van der Waals surface area contributed by atoms with Gasteiger partial charge in [-0.2, -0.15) is 0 Å². The molecular formula is C17H17NO2. The fourth-order valence-electron chi connectivity index (χ4n) is 2.56. The standard InChI is InChI=1S/C17H17NO2/c1-18-15-7-5-4-6-12(15)10-16(18)14-11-13(19-2)8-9-17(14)20-3/h4-11H,1-3H3. The maximum atomic E-state index is 5.48. The lowest BCUT2D eigenvalue weighted by molar-refractivity contribution is 0.404. The van der Waals surface area contributed by atoms with Gasteiger partial charge in [-0.05, 0) is 30.3 Å². The Bertz CT molecular complexity index is 759. The highest BCUT2D eigenvalue weighted by Gasteiger charge is 2.13. The Labute approximate surface area is 118 Å². The average Bonchev–Trinajstić information content (AvgIpc) is 2.84. The summed E-state index contributed by atoms with van der Waals surface area (Å²) in [6, 6.07) is 16.4. The van der Waals surface area contributed by atoms with E-state index < -0.39 is 0 Å². The number of para-hydroxylation sites is 1. The molecule has 1 aromatic heterocycles. The number of hydrogen-bond acceptors (Lipinski definition) is 2. The fraction of sp³-hybridized carbons (Fsp3) is 0.176. The monoisotopic (exact) mass is 267 g/mol. The molecule has 0 saturated carbocycles.